The van der Waals surface area contributed by atoms with Gasteiger partial charge in [0.05, 0.1) is 23.8 Å². The molecule has 8 heteroatoms. The van der Waals surface area contributed by atoms with Gasteiger partial charge in [0.15, 0.2) is 11.1 Å². The van der Waals surface area contributed by atoms with E-state index in [2.05, 4.69) is 25.6 Å². The lowest BCUT2D eigenvalue weighted by Crippen LogP contribution is -2.38. The van der Waals surface area contributed by atoms with Gasteiger partial charge in [-0.05, 0) is 6.07 Å². The number of guanidine groups is 1. The van der Waals surface area contributed by atoms with Gasteiger partial charge < -0.3 is 19.7 Å². The zero-order chi connectivity index (χ0) is 17.0. The molecule has 0 atom stereocenters. The summed E-state index contributed by atoms with van der Waals surface area (Å²) in [5, 5.41) is 7.16. The number of aryl methyl sites for hydroxylation is 1. The Morgan fingerprint density at radius 2 is 2.17 bits per heavy atom. The summed E-state index contributed by atoms with van der Waals surface area (Å²) in [6, 6.07) is 1.97. The minimum atomic E-state index is 0.648. The highest BCUT2D eigenvalue weighted by Crippen LogP contribution is 2.18. The van der Waals surface area contributed by atoms with Crippen molar-refractivity contribution in [1.82, 2.24) is 19.8 Å². The highest BCUT2D eigenvalue weighted by molar-refractivity contribution is 7.13. The third-order valence-electron chi connectivity index (χ3n) is 3.40. The maximum Gasteiger partial charge on any atom is 0.194 e. The quantitative estimate of drug-likeness (QED) is 0.661. The fourth-order valence-electron chi connectivity index (χ4n) is 2.18. The summed E-state index contributed by atoms with van der Waals surface area (Å²) in [6.45, 7) is 1.37. The van der Waals surface area contributed by atoms with Crippen LogP contribution >= 0.6 is 22.9 Å². The van der Waals surface area contributed by atoms with Gasteiger partial charge >= 0.3 is 0 Å². The molecule has 6 nitrogen and oxygen atoms in total. The topological polar surface area (TPSA) is 48.7 Å². The maximum absolute atomic E-state index is 6.04. The first-order chi connectivity index (χ1) is 10.9. The number of rotatable bonds is 5. The normalized spacial score (nSPS) is 11.7. The number of aromatic nitrogens is 2. The van der Waals surface area contributed by atoms with Crippen molar-refractivity contribution in [3.05, 3.63) is 34.1 Å². The summed E-state index contributed by atoms with van der Waals surface area (Å²) in [5.74, 6) is 0.821. The van der Waals surface area contributed by atoms with Crippen LogP contribution in [0.1, 0.15) is 11.4 Å². The Labute approximate surface area is 146 Å². The average Bonchev–Trinajstić information content (AvgIpc) is 3.07. The third-order valence-corrected chi connectivity index (χ3v) is 4.66. The van der Waals surface area contributed by atoms with Crippen LogP contribution in [0.3, 0.4) is 0 Å². The van der Waals surface area contributed by atoms with Gasteiger partial charge in [-0.3, -0.25) is 4.99 Å². The summed E-state index contributed by atoms with van der Waals surface area (Å²) in [7, 11) is 9.76. The molecule has 2 aromatic heterocycles. The van der Waals surface area contributed by atoms with Gasteiger partial charge in [0.25, 0.3) is 0 Å². The van der Waals surface area contributed by atoms with E-state index in [4.69, 9.17) is 11.6 Å². The minimum Gasteiger partial charge on any atom is -0.354 e. The van der Waals surface area contributed by atoms with Crippen LogP contribution in [0, 0.1) is 0 Å². The number of halogens is 1. The molecule has 0 spiro atoms. The van der Waals surface area contributed by atoms with Crippen molar-refractivity contribution >= 4 is 34.0 Å². The van der Waals surface area contributed by atoms with E-state index in [9.17, 15) is 0 Å². The van der Waals surface area contributed by atoms with Crippen LogP contribution in [-0.4, -0.2) is 48.6 Å². The van der Waals surface area contributed by atoms with Crippen molar-refractivity contribution in [3.8, 4) is 0 Å². The smallest absolute Gasteiger partial charge is 0.194 e. The Hall–Kier alpha value is -1.73. The van der Waals surface area contributed by atoms with Crippen LogP contribution in [0.2, 0.25) is 5.02 Å². The number of hydrogen-bond donors (Lipinski definition) is 1. The molecule has 126 valence electrons. The molecule has 0 aliphatic rings. The molecule has 0 amide bonds. The predicted molar refractivity (Wildman–Crippen MR) is 98.5 cm³/mol. The summed E-state index contributed by atoms with van der Waals surface area (Å²) >= 11 is 7.67. The van der Waals surface area contributed by atoms with Crippen LogP contribution in [0.15, 0.2) is 22.6 Å². The molecule has 2 rings (SSSR count). The Balaban J connectivity index is 1.95. The lowest BCUT2D eigenvalue weighted by molar-refractivity contribution is 0.461. The highest BCUT2D eigenvalue weighted by Gasteiger charge is 2.11. The van der Waals surface area contributed by atoms with Crippen LogP contribution < -0.4 is 10.2 Å². The number of thiazole rings is 1. The maximum atomic E-state index is 6.04. The monoisotopic (exact) mass is 354 g/mol. The number of aliphatic imine (C=N–C) groups is 1. The van der Waals surface area contributed by atoms with Crippen molar-refractivity contribution in [1.29, 1.82) is 0 Å². The molecule has 2 aromatic rings. The van der Waals surface area contributed by atoms with E-state index >= 15 is 0 Å². The molecule has 0 aliphatic heterocycles. The third kappa shape index (κ3) is 4.62. The van der Waals surface area contributed by atoms with Gasteiger partial charge in [0, 0.05) is 52.5 Å². The van der Waals surface area contributed by atoms with Crippen molar-refractivity contribution in [2.24, 2.45) is 12.0 Å². The van der Waals surface area contributed by atoms with Gasteiger partial charge in [-0.15, -0.1) is 11.3 Å². The first-order valence-electron chi connectivity index (χ1n) is 7.25. The number of nitrogens with zero attached hydrogens (tertiary/aromatic N) is 5. The standard InChI is InChI=1S/C15H23ClN6S/c1-17-14(18-7-12-10-23-15(19-12)20(2)3)22(5)9-13-6-11(16)8-21(13)4/h6,8,10H,7,9H2,1-5H3,(H,17,18). The molecule has 0 unspecified atom stereocenters. The van der Waals surface area contributed by atoms with Crippen molar-refractivity contribution in [3.63, 3.8) is 0 Å². The summed E-state index contributed by atoms with van der Waals surface area (Å²) < 4.78 is 2.02. The molecule has 0 saturated carbocycles. The largest absolute Gasteiger partial charge is 0.354 e. The molecule has 2 heterocycles. The fraction of sp³-hybridized carbons (Fsp3) is 0.467. The van der Waals surface area contributed by atoms with E-state index in [-0.39, 0.29) is 0 Å². The van der Waals surface area contributed by atoms with E-state index in [0.717, 1.165) is 34.0 Å². The van der Waals surface area contributed by atoms with Gasteiger partial charge in [-0.1, -0.05) is 11.6 Å². The van der Waals surface area contributed by atoms with Gasteiger partial charge in [0.1, 0.15) is 0 Å². The van der Waals surface area contributed by atoms with Crippen LogP contribution in [0.4, 0.5) is 5.13 Å². The molecule has 23 heavy (non-hydrogen) atoms. The second-order valence-electron chi connectivity index (χ2n) is 5.53. The second-order valence-corrected chi connectivity index (χ2v) is 6.81. The molecule has 0 radical (unpaired) electrons. The second kappa shape index (κ2) is 7.70. The Morgan fingerprint density at radius 1 is 1.43 bits per heavy atom. The first-order valence-corrected chi connectivity index (χ1v) is 8.50. The number of anilines is 1. The molecular weight excluding hydrogens is 332 g/mol. The number of nitrogens with one attached hydrogen (secondary N) is 1. The molecule has 0 saturated heterocycles. The Bertz CT molecular complexity index is 675. The minimum absolute atomic E-state index is 0.648. The van der Waals surface area contributed by atoms with Gasteiger partial charge in [-0.2, -0.15) is 0 Å². The van der Waals surface area contributed by atoms with Crippen LogP contribution in [-0.2, 0) is 20.1 Å². The molecule has 0 aliphatic carbocycles. The highest BCUT2D eigenvalue weighted by atomic mass is 35.5. The van der Waals surface area contributed by atoms with E-state index < -0.39 is 0 Å². The zero-order valence-electron chi connectivity index (χ0n) is 14.2. The lowest BCUT2D eigenvalue weighted by atomic mass is 10.4. The summed E-state index contributed by atoms with van der Waals surface area (Å²) in [6.07, 6.45) is 1.90. The summed E-state index contributed by atoms with van der Waals surface area (Å²) in [5.41, 5.74) is 2.14. The van der Waals surface area contributed by atoms with E-state index in [1.807, 2.05) is 49.9 Å². The van der Waals surface area contributed by atoms with Gasteiger partial charge in [-0.25, -0.2) is 4.98 Å². The van der Waals surface area contributed by atoms with E-state index in [1.54, 1.807) is 18.4 Å². The molecular formula is C15H23ClN6S. The van der Waals surface area contributed by atoms with Crippen LogP contribution in [0.5, 0.6) is 0 Å². The van der Waals surface area contributed by atoms with Gasteiger partial charge in [0.2, 0.25) is 0 Å². The van der Waals surface area contributed by atoms with E-state index in [0.29, 0.717) is 6.54 Å². The Morgan fingerprint density at radius 3 is 2.70 bits per heavy atom. The fourth-order valence-corrected chi connectivity index (χ4v) is 3.21. The molecule has 0 fully saturated rings. The predicted octanol–water partition coefficient (Wildman–Crippen LogP) is 2.41. The number of hydrogen-bond acceptors (Lipinski definition) is 4. The van der Waals surface area contributed by atoms with Crippen LogP contribution in [0.25, 0.3) is 0 Å². The first kappa shape index (κ1) is 17.6. The van der Waals surface area contributed by atoms with E-state index in [1.165, 1.54) is 0 Å². The summed E-state index contributed by atoms with van der Waals surface area (Å²) in [4.78, 5) is 13.0. The van der Waals surface area contributed by atoms with Crippen molar-refractivity contribution < 1.29 is 0 Å². The molecule has 1 N–H and O–H groups in total. The zero-order valence-corrected chi connectivity index (χ0v) is 15.7. The lowest BCUT2D eigenvalue weighted by Gasteiger charge is -2.22. The van der Waals surface area contributed by atoms with Crippen molar-refractivity contribution in [2.45, 2.75) is 13.1 Å². The Kier molecular flexibility index (Phi) is 5.90. The average molecular weight is 355 g/mol. The SMILES string of the molecule is CN=C(NCc1csc(N(C)C)n1)N(C)Cc1cc(Cl)cn1C. The molecule has 0 aromatic carbocycles. The molecule has 0 bridgehead atoms. The van der Waals surface area contributed by atoms with Crippen molar-refractivity contribution in [2.75, 3.05) is 33.1 Å².